The van der Waals surface area contributed by atoms with Crippen LogP contribution in [0.4, 0.5) is 0 Å². The fraction of sp³-hybridized carbons (Fsp3) is 0.500. The predicted octanol–water partition coefficient (Wildman–Crippen LogP) is 2.67. The standard InChI is InChI=1S/C8H12/c1-2-8-6-4-3-5-7-8/h3-4,6H,2,5,7H2,1H3. The van der Waals surface area contributed by atoms with E-state index in [1.807, 2.05) is 0 Å². The van der Waals surface area contributed by atoms with Crippen molar-refractivity contribution >= 4 is 0 Å². The lowest BCUT2D eigenvalue weighted by atomic mass is 10.0. The van der Waals surface area contributed by atoms with Crippen molar-refractivity contribution in [3.63, 3.8) is 0 Å². The summed E-state index contributed by atoms with van der Waals surface area (Å²) >= 11 is 0. The molecule has 0 heterocycles. The molecular weight excluding hydrogens is 96.1 g/mol. The van der Waals surface area contributed by atoms with Crippen LogP contribution in [0.15, 0.2) is 23.8 Å². The molecule has 0 nitrogen and oxygen atoms in total. The van der Waals surface area contributed by atoms with Crippen LogP contribution in [-0.2, 0) is 0 Å². The molecule has 8 heavy (non-hydrogen) atoms. The van der Waals surface area contributed by atoms with Crippen LogP contribution in [0.2, 0.25) is 0 Å². The second-order valence-electron chi connectivity index (χ2n) is 2.15. The molecule has 0 heteroatoms. The van der Waals surface area contributed by atoms with Crippen molar-refractivity contribution in [3.05, 3.63) is 23.8 Å². The van der Waals surface area contributed by atoms with Crippen LogP contribution in [0, 0.1) is 0 Å². The first-order valence-corrected chi connectivity index (χ1v) is 3.28. The maximum atomic E-state index is 2.23. The summed E-state index contributed by atoms with van der Waals surface area (Å²) in [7, 11) is 0. The smallest absolute Gasteiger partial charge is 0.0282 e. The minimum absolute atomic E-state index is 1.23. The minimum Gasteiger partial charge on any atom is -0.0842 e. The summed E-state index contributed by atoms with van der Waals surface area (Å²) in [5.74, 6) is 0. The summed E-state index contributed by atoms with van der Waals surface area (Å²) in [5.41, 5.74) is 1.59. The lowest BCUT2D eigenvalue weighted by Crippen LogP contribution is -1.83. The van der Waals surface area contributed by atoms with E-state index < -0.39 is 0 Å². The van der Waals surface area contributed by atoms with Crippen molar-refractivity contribution in [2.24, 2.45) is 0 Å². The van der Waals surface area contributed by atoms with Crippen LogP contribution in [0.1, 0.15) is 26.2 Å². The third-order valence-electron chi connectivity index (χ3n) is 1.55. The average molecular weight is 108 g/mol. The molecule has 0 amide bonds. The predicted molar refractivity (Wildman–Crippen MR) is 36.7 cm³/mol. The van der Waals surface area contributed by atoms with Crippen molar-refractivity contribution in [1.82, 2.24) is 0 Å². The third kappa shape index (κ3) is 1.22. The van der Waals surface area contributed by atoms with Crippen molar-refractivity contribution in [2.45, 2.75) is 26.2 Å². The highest BCUT2D eigenvalue weighted by molar-refractivity contribution is 5.16. The molecular formula is C8H12. The molecule has 1 aliphatic carbocycles. The van der Waals surface area contributed by atoms with Crippen LogP contribution in [0.5, 0.6) is 0 Å². The second-order valence-corrected chi connectivity index (χ2v) is 2.15. The summed E-state index contributed by atoms with van der Waals surface area (Å²) in [6.45, 7) is 2.21. The van der Waals surface area contributed by atoms with Gasteiger partial charge in [-0.1, -0.05) is 30.7 Å². The van der Waals surface area contributed by atoms with Gasteiger partial charge < -0.3 is 0 Å². The molecule has 44 valence electrons. The Hall–Kier alpha value is -0.520. The summed E-state index contributed by atoms with van der Waals surface area (Å²) in [6.07, 6.45) is 10.4. The molecule has 0 atom stereocenters. The second kappa shape index (κ2) is 2.71. The maximum Gasteiger partial charge on any atom is -0.0282 e. The molecule has 0 N–H and O–H groups in total. The van der Waals surface area contributed by atoms with Gasteiger partial charge in [0.25, 0.3) is 0 Å². The van der Waals surface area contributed by atoms with Gasteiger partial charge in [0, 0.05) is 0 Å². The van der Waals surface area contributed by atoms with E-state index >= 15 is 0 Å². The maximum absolute atomic E-state index is 2.23. The van der Waals surface area contributed by atoms with Gasteiger partial charge in [0.15, 0.2) is 0 Å². The van der Waals surface area contributed by atoms with E-state index in [0.717, 1.165) is 0 Å². The minimum atomic E-state index is 1.23. The Morgan fingerprint density at radius 1 is 1.62 bits per heavy atom. The van der Waals surface area contributed by atoms with Crippen LogP contribution >= 0.6 is 0 Å². The fourth-order valence-electron chi connectivity index (χ4n) is 0.947. The Labute approximate surface area is 50.9 Å². The van der Waals surface area contributed by atoms with E-state index in [-0.39, 0.29) is 0 Å². The highest BCUT2D eigenvalue weighted by atomic mass is 14.0. The molecule has 0 spiro atoms. The Bertz CT molecular complexity index is 118. The summed E-state index contributed by atoms with van der Waals surface area (Å²) in [5, 5.41) is 0. The van der Waals surface area contributed by atoms with Gasteiger partial charge in [0.1, 0.15) is 0 Å². The van der Waals surface area contributed by atoms with E-state index in [1.54, 1.807) is 5.57 Å². The molecule has 0 unspecified atom stereocenters. The summed E-state index contributed by atoms with van der Waals surface area (Å²) in [4.78, 5) is 0. The number of hydrogen-bond donors (Lipinski definition) is 0. The van der Waals surface area contributed by atoms with Gasteiger partial charge in [0.2, 0.25) is 0 Å². The van der Waals surface area contributed by atoms with Gasteiger partial charge in [-0.25, -0.2) is 0 Å². The molecule has 0 aromatic heterocycles. The molecule has 0 saturated carbocycles. The van der Waals surface area contributed by atoms with Crippen LogP contribution in [0.25, 0.3) is 0 Å². The van der Waals surface area contributed by atoms with Crippen molar-refractivity contribution in [1.29, 1.82) is 0 Å². The monoisotopic (exact) mass is 108 g/mol. The van der Waals surface area contributed by atoms with E-state index in [2.05, 4.69) is 25.2 Å². The van der Waals surface area contributed by atoms with Crippen LogP contribution < -0.4 is 0 Å². The molecule has 1 rings (SSSR count). The van der Waals surface area contributed by atoms with Crippen LogP contribution in [-0.4, -0.2) is 0 Å². The van der Waals surface area contributed by atoms with Gasteiger partial charge >= 0.3 is 0 Å². The average Bonchev–Trinajstić information content (AvgIpc) is 1.90. The topological polar surface area (TPSA) is 0 Å². The molecule has 0 aromatic rings. The van der Waals surface area contributed by atoms with Gasteiger partial charge in [-0.15, -0.1) is 0 Å². The Morgan fingerprint density at radius 2 is 2.50 bits per heavy atom. The molecule has 0 fully saturated rings. The molecule has 0 aromatic carbocycles. The SMILES string of the molecule is CCC1=CC=CCC1. The van der Waals surface area contributed by atoms with Gasteiger partial charge in [0.05, 0.1) is 0 Å². The zero-order valence-electron chi connectivity index (χ0n) is 5.35. The van der Waals surface area contributed by atoms with Crippen molar-refractivity contribution < 1.29 is 0 Å². The number of allylic oxidation sites excluding steroid dienone is 4. The van der Waals surface area contributed by atoms with Crippen molar-refractivity contribution in [3.8, 4) is 0 Å². The van der Waals surface area contributed by atoms with Gasteiger partial charge in [-0.3, -0.25) is 0 Å². The molecule has 0 radical (unpaired) electrons. The van der Waals surface area contributed by atoms with E-state index in [1.165, 1.54) is 19.3 Å². The lowest BCUT2D eigenvalue weighted by Gasteiger charge is -2.03. The fourth-order valence-corrected chi connectivity index (χ4v) is 0.947. The summed E-state index contributed by atoms with van der Waals surface area (Å²) in [6, 6.07) is 0. The largest absolute Gasteiger partial charge is 0.0842 e. The van der Waals surface area contributed by atoms with Gasteiger partial charge in [-0.2, -0.15) is 0 Å². The Balaban J connectivity index is 2.50. The van der Waals surface area contributed by atoms with Crippen LogP contribution in [0.3, 0.4) is 0 Å². The number of hydrogen-bond acceptors (Lipinski definition) is 0. The quantitative estimate of drug-likeness (QED) is 0.484. The van der Waals surface area contributed by atoms with Gasteiger partial charge in [-0.05, 0) is 19.3 Å². The molecule has 0 aliphatic heterocycles. The van der Waals surface area contributed by atoms with E-state index in [0.29, 0.717) is 0 Å². The lowest BCUT2D eigenvalue weighted by molar-refractivity contribution is 0.895. The Morgan fingerprint density at radius 3 is 2.88 bits per heavy atom. The number of rotatable bonds is 1. The first-order valence-electron chi connectivity index (χ1n) is 3.28. The third-order valence-corrected chi connectivity index (χ3v) is 1.55. The highest BCUT2D eigenvalue weighted by Crippen LogP contribution is 2.13. The zero-order valence-corrected chi connectivity index (χ0v) is 5.35. The first kappa shape index (κ1) is 5.61. The molecule has 0 saturated heterocycles. The van der Waals surface area contributed by atoms with E-state index in [9.17, 15) is 0 Å². The molecule has 1 aliphatic rings. The molecule has 0 bridgehead atoms. The first-order chi connectivity index (χ1) is 3.93. The normalized spacial score (nSPS) is 18.4. The highest BCUT2D eigenvalue weighted by Gasteiger charge is 1.93. The van der Waals surface area contributed by atoms with Crippen molar-refractivity contribution in [2.75, 3.05) is 0 Å². The zero-order chi connectivity index (χ0) is 5.82. The summed E-state index contributed by atoms with van der Waals surface area (Å²) < 4.78 is 0. The Kier molecular flexibility index (Phi) is 1.90. The van der Waals surface area contributed by atoms with E-state index in [4.69, 9.17) is 0 Å².